The van der Waals surface area contributed by atoms with E-state index >= 15 is 0 Å². The number of anilines is 1. The lowest BCUT2D eigenvalue weighted by molar-refractivity contribution is -0.129. The van der Waals surface area contributed by atoms with Crippen LogP contribution >= 0.6 is 12.2 Å². The van der Waals surface area contributed by atoms with Crippen molar-refractivity contribution in [3.63, 3.8) is 0 Å². The Kier molecular flexibility index (Phi) is 4.39. The molecule has 1 atom stereocenters. The molecule has 0 saturated heterocycles. The topological polar surface area (TPSA) is 71.2 Å². The molecule has 0 aliphatic carbocycles. The first-order valence-corrected chi connectivity index (χ1v) is 5.57. The number of hydrogen-bond donors (Lipinski definition) is 2. The Hall–Kier alpha value is -1.69. The Morgan fingerprint density at radius 2 is 2.24 bits per heavy atom. The molecule has 92 valence electrons. The second-order valence-corrected chi connectivity index (χ2v) is 4.30. The van der Waals surface area contributed by atoms with Crippen LogP contribution in [-0.4, -0.2) is 40.9 Å². The fraction of sp³-hybridized carbons (Fsp3) is 0.364. The summed E-state index contributed by atoms with van der Waals surface area (Å²) >= 11 is 4.92. The lowest BCUT2D eigenvalue weighted by Gasteiger charge is -2.19. The molecule has 3 N–H and O–H groups in total. The van der Waals surface area contributed by atoms with E-state index in [1.807, 2.05) is 0 Å². The van der Waals surface area contributed by atoms with Crippen molar-refractivity contribution in [2.45, 2.75) is 13.0 Å². The maximum atomic E-state index is 11.7. The molecular formula is C11H16N4OS. The van der Waals surface area contributed by atoms with Gasteiger partial charge in [0.05, 0.1) is 5.56 Å². The minimum absolute atomic E-state index is 0.0375. The van der Waals surface area contributed by atoms with Crippen LogP contribution in [0, 0.1) is 0 Å². The first-order chi connectivity index (χ1) is 7.93. The van der Waals surface area contributed by atoms with Gasteiger partial charge in [-0.25, -0.2) is 4.98 Å². The molecule has 1 rings (SSSR count). The molecule has 1 unspecified atom stereocenters. The van der Waals surface area contributed by atoms with Gasteiger partial charge in [0.15, 0.2) is 0 Å². The summed E-state index contributed by atoms with van der Waals surface area (Å²) in [4.78, 5) is 17.6. The summed E-state index contributed by atoms with van der Waals surface area (Å²) in [7, 11) is 3.40. The van der Waals surface area contributed by atoms with Crippen LogP contribution in [0.15, 0.2) is 18.3 Å². The number of carbonyl (C=O) groups is 1. The Balaban J connectivity index is 2.88. The summed E-state index contributed by atoms with van der Waals surface area (Å²) in [6.45, 7) is 1.76. The highest BCUT2D eigenvalue weighted by atomic mass is 32.1. The smallest absolute Gasteiger partial charge is 0.244 e. The average Bonchev–Trinajstić information content (AvgIpc) is 2.28. The second kappa shape index (κ2) is 5.58. The Morgan fingerprint density at radius 1 is 1.59 bits per heavy atom. The van der Waals surface area contributed by atoms with Crippen LogP contribution < -0.4 is 11.1 Å². The third-order valence-corrected chi connectivity index (χ3v) is 2.46. The lowest BCUT2D eigenvalue weighted by atomic mass is 10.2. The number of pyridine rings is 1. The van der Waals surface area contributed by atoms with Gasteiger partial charge in [-0.3, -0.25) is 4.79 Å². The molecule has 1 aromatic heterocycles. The molecule has 1 amide bonds. The van der Waals surface area contributed by atoms with Gasteiger partial charge in [-0.15, -0.1) is 0 Å². The number of nitrogens with zero attached hydrogens (tertiary/aromatic N) is 2. The number of carbonyl (C=O) groups excluding carboxylic acids is 1. The average molecular weight is 252 g/mol. The molecule has 0 radical (unpaired) electrons. The normalized spacial score (nSPS) is 11.7. The second-order valence-electron chi connectivity index (χ2n) is 3.86. The van der Waals surface area contributed by atoms with Gasteiger partial charge < -0.3 is 16.0 Å². The SMILES string of the molecule is CC(Nc1ncccc1C(N)=S)C(=O)N(C)C. The van der Waals surface area contributed by atoms with Crippen LogP contribution in [0.5, 0.6) is 0 Å². The number of hydrogen-bond acceptors (Lipinski definition) is 4. The molecule has 5 nitrogen and oxygen atoms in total. The third-order valence-electron chi connectivity index (χ3n) is 2.24. The van der Waals surface area contributed by atoms with Crippen molar-refractivity contribution in [3.8, 4) is 0 Å². The highest BCUT2D eigenvalue weighted by Crippen LogP contribution is 2.12. The van der Waals surface area contributed by atoms with Crippen LogP contribution in [0.1, 0.15) is 12.5 Å². The van der Waals surface area contributed by atoms with Gasteiger partial charge in [-0.1, -0.05) is 12.2 Å². The van der Waals surface area contributed by atoms with Crippen molar-refractivity contribution < 1.29 is 4.79 Å². The third kappa shape index (κ3) is 3.39. The van der Waals surface area contributed by atoms with E-state index in [0.29, 0.717) is 11.4 Å². The van der Waals surface area contributed by atoms with Gasteiger partial charge in [-0.2, -0.15) is 0 Å². The van der Waals surface area contributed by atoms with E-state index < -0.39 is 0 Å². The number of nitrogens with one attached hydrogen (secondary N) is 1. The van der Waals surface area contributed by atoms with Crippen LogP contribution in [-0.2, 0) is 4.79 Å². The molecule has 0 aromatic carbocycles. The van der Waals surface area contributed by atoms with E-state index in [2.05, 4.69) is 10.3 Å². The Bertz CT molecular complexity index is 433. The zero-order chi connectivity index (χ0) is 13.0. The molecule has 6 heteroatoms. The van der Waals surface area contributed by atoms with Gasteiger partial charge in [0.25, 0.3) is 0 Å². The van der Waals surface area contributed by atoms with Crippen molar-refractivity contribution >= 4 is 28.9 Å². The maximum absolute atomic E-state index is 11.7. The van der Waals surface area contributed by atoms with Crippen molar-refractivity contribution in [2.75, 3.05) is 19.4 Å². The van der Waals surface area contributed by atoms with Gasteiger partial charge in [0.2, 0.25) is 5.91 Å². The fourth-order valence-corrected chi connectivity index (χ4v) is 1.54. The van der Waals surface area contributed by atoms with E-state index in [1.165, 1.54) is 4.90 Å². The monoisotopic (exact) mass is 252 g/mol. The summed E-state index contributed by atoms with van der Waals surface area (Å²) in [6, 6.07) is 3.14. The summed E-state index contributed by atoms with van der Waals surface area (Å²) in [6.07, 6.45) is 1.62. The Labute approximate surface area is 106 Å². The predicted molar refractivity (Wildman–Crippen MR) is 71.9 cm³/mol. The number of aromatic nitrogens is 1. The molecule has 0 fully saturated rings. The number of rotatable bonds is 4. The van der Waals surface area contributed by atoms with E-state index in [9.17, 15) is 4.79 Å². The zero-order valence-electron chi connectivity index (χ0n) is 10.1. The van der Waals surface area contributed by atoms with Crippen LogP contribution in [0.25, 0.3) is 0 Å². The van der Waals surface area contributed by atoms with E-state index in [4.69, 9.17) is 18.0 Å². The fourth-order valence-electron chi connectivity index (χ4n) is 1.37. The highest BCUT2D eigenvalue weighted by Gasteiger charge is 2.16. The summed E-state index contributed by atoms with van der Waals surface area (Å²) in [5, 5.41) is 3.00. The summed E-state index contributed by atoms with van der Waals surface area (Å²) < 4.78 is 0. The standard InChI is InChI=1S/C11H16N4OS/c1-7(11(16)15(2)3)14-10-8(9(12)17)5-4-6-13-10/h4-7H,1-3H3,(H2,12,17)(H,13,14). The molecule has 0 bridgehead atoms. The lowest BCUT2D eigenvalue weighted by Crippen LogP contribution is -2.37. The van der Waals surface area contributed by atoms with Crippen LogP contribution in [0.2, 0.25) is 0 Å². The minimum Gasteiger partial charge on any atom is -0.389 e. The van der Waals surface area contributed by atoms with Crippen molar-refractivity contribution in [1.29, 1.82) is 0 Å². The quantitative estimate of drug-likeness (QED) is 0.768. The van der Waals surface area contributed by atoms with E-state index in [-0.39, 0.29) is 16.9 Å². The minimum atomic E-state index is -0.381. The number of amides is 1. The van der Waals surface area contributed by atoms with Gasteiger partial charge in [0, 0.05) is 20.3 Å². The molecular weight excluding hydrogens is 236 g/mol. The van der Waals surface area contributed by atoms with Crippen LogP contribution in [0.4, 0.5) is 5.82 Å². The summed E-state index contributed by atoms with van der Waals surface area (Å²) in [5.74, 6) is 0.493. The Morgan fingerprint density at radius 3 is 2.76 bits per heavy atom. The van der Waals surface area contributed by atoms with Crippen molar-refractivity contribution in [3.05, 3.63) is 23.9 Å². The first-order valence-electron chi connectivity index (χ1n) is 5.16. The number of likely N-dealkylation sites (N-methyl/N-ethyl adjacent to an activating group) is 1. The number of nitrogens with two attached hydrogens (primary N) is 1. The summed E-state index contributed by atoms with van der Waals surface area (Å²) in [5.41, 5.74) is 6.22. The molecule has 0 spiro atoms. The molecule has 1 heterocycles. The maximum Gasteiger partial charge on any atom is 0.244 e. The molecule has 1 aromatic rings. The van der Waals surface area contributed by atoms with Gasteiger partial charge >= 0.3 is 0 Å². The van der Waals surface area contributed by atoms with E-state index in [1.54, 1.807) is 39.3 Å². The molecule has 0 aliphatic rings. The number of thiocarbonyl (C=S) groups is 1. The molecule has 0 aliphatic heterocycles. The molecule has 17 heavy (non-hydrogen) atoms. The first kappa shape index (κ1) is 13.4. The predicted octanol–water partition coefficient (Wildman–Crippen LogP) is 0.604. The largest absolute Gasteiger partial charge is 0.389 e. The van der Waals surface area contributed by atoms with Crippen LogP contribution in [0.3, 0.4) is 0 Å². The zero-order valence-corrected chi connectivity index (χ0v) is 10.9. The van der Waals surface area contributed by atoms with Gasteiger partial charge in [-0.05, 0) is 19.1 Å². The highest BCUT2D eigenvalue weighted by molar-refractivity contribution is 7.80. The van der Waals surface area contributed by atoms with Crippen molar-refractivity contribution in [1.82, 2.24) is 9.88 Å². The van der Waals surface area contributed by atoms with Gasteiger partial charge in [0.1, 0.15) is 16.8 Å². The van der Waals surface area contributed by atoms with E-state index in [0.717, 1.165) is 0 Å². The van der Waals surface area contributed by atoms with Crippen molar-refractivity contribution in [2.24, 2.45) is 5.73 Å². The molecule has 0 saturated carbocycles.